The number of carbonyl (C=O) groups is 2. The Morgan fingerprint density at radius 1 is 0.736 bits per heavy atom. The summed E-state index contributed by atoms with van der Waals surface area (Å²) in [5, 5.41) is 11.6. The molecule has 2 aromatic heterocycles. The average molecular weight is 747 g/mol. The Hall–Kier alpha value is -5.18. The zero-order chi connectivity index (χ0) is 38.8. The molecule has 1 amide bonds. The van der Waals surface area contributed by atoms with Crippen LogP contribution in [0.3, 0.4) is 0 Å². The lowest BCUT2D eigenvalue weighted by Crippen LogP contribution is -2.28. The highest BCUT2D eigenvalue weighted by molar-refractivity contribution is 5.83. The molecule has 0 saturated heterocycles. The minimum absolute atomic E-state index is 0.0243. The number of nitrogens with zero attached hydrogens (tertiary/aromatic N) is 2. The molecule has 2 aromatic carbocycles. The van der Waals surface area contributed by atoms with Crippen molar-refractivity contribution < 1.29 is 50.5 Å². The van der Waals surface area contributed by atoms with E-state index in [1.54, 1.807) is 19.1 Å². The van der Waals surface area contributed by atoms with Crippen molar-refractivity contribution in [3.05, 3.63) is 120 Å². The summed E-state index contributed by atoms with van der Waals surface area (Å²) in [6.45, 7) is 0.851. The van der Waals surface area contributed by atoms with Gasteiger partial charge in [0.05, 0.1) is 12.0 Å². The predicted octanol–water partition coefficient (Wildman–Crippen LogP) is 7.92. The van der Waals surface area contributed by atoms with Crippen molar-refractivity contribution in [2.45, 2.75) is 63.0 Å². The van der Waals surface area contributed by atoms with Gasteiger partial charge in [0.1, 0.15) is 0 Å². The maximum Gasteiger partial charge on any atom is 0.422 e. The molecule has 9 nitrogen and oxygen atoms in total. The van der Waals surface area contributed by atoms with Crippen molar-refractivity contribution in [1.82, 2.24) is 15.3 Å². The molecular formula is C38H40F6N4O5. The van der Waals surface area contributed by atoms with E-state index in [1.807, 2.05) is 67.6 Å². The zero-order valence-electron chi connectivity index (χ0n) is 28.8. The number of hydrogen-bond acceptors (Lipinski definition) is 7. The van der Waals surface area contributed by atoms with Crippen LogP contribution in [0.5, 0.6) is 11.8 Å². The number of rotatable bonds is 11. The second-order valence-electron chi connectivity index (χ2n) is 12.7. The van der Waals surface area contributed by atoms with Gasteiger partial charge in [0, 0.05) is 36.5 Å². The maximum absolute atomic E-state index is 12.4. The Bertz CT molecular complexity index is 1740. The smallest absolute Gasteiger partial charge is 0.422 e. The van der Waals surface area contributed by atoms with Gasteiger partial charge in [-0.05, 0) is 60.8 Å². The fourth-order valence-corrected chi connectivity index (χ4v) is 5.28. The van der Waals surface area contributed by atoms with E-state index in [0.717, 1.165) is 29.5 Å². The van der Waals surface area contributed by atoms with Crippen LogP contribution in [0.4, 0.5) is 26.3 Å². The quantitative estimate of drug-likeness (QED) is 0.132. The van der Waals surface area contributed by atoms with E-state index in [4.69, 9.17) is 10.8 Å². The minimum atomic E-state index is -4.40. The van der Waals surface area contributed by atoms with Gasteiger partial charge < -0.3 is 25.6 Å². The lowest BCUT2D eigenvalue weighted by Gasteiger charge is -2.15. The number of ether oxygens (including phenoxy) is 2. The first-order chi connectivity index (χ1) is 25.0. The van der Waals surface area contributed by atoms with Gasteiger partial charge >= 0.3 is 18.3 Å². The normalized spacial score (nSPS) is 19.9. The molecule has 2 aliphatic rings. The number of nitrogens with two attached hydrogens (primary N) is 1. The largest absolute Gasteiger partial charge is 0.481 e. The molecule has 0 spiro atoms. The van der Waals surface area contributed by atoms with Crippen LogP contribution >= 0.6 is 0 Å². The molecule has 0 unspecified atom stereocenters. The van der Waals surface area contributed by atoms with E-state index >= 15 is 0 Å². The minimum Gasteiger partial charge on any atom is -0.481 e. The third-order valence-electron chi connectivity index (χ3n) is 8.36. The summed E-state index contributed by atoms with van der Waals surface area (Å²) < 4.78 is 80.7. The third kappa shape index (κ3) is 13.7. The second-order valence-corrected chi connectivity index (χ2v) is 12.7. The number of aromatic nitrogens is 2. The molecule has 53 heavy (non-hydrogen) atoms. The van der Waals surface area contributed by atoms with E-state index in [1.165, 1.54) is 24.5 Å². The molecule has 2 heterocycles. The van der Waals surface area contributed by atoms with Gasteiger partial charge in [0.15, 0.2) is 13.2 Å². The van der Waals surface area contributed by atoms with Crippen LogP contribution in [-0.4, -0.2) is 52.5 Å². The van der Waals surface area contributed by atoms with E-state index in [0.29, 0.717) is 5.56 Å². The van der Waals surface area contributed by atoms with E-state index in [9.17, 15) is 35.9 Å². The molecule has 2 aliphatic carbocycles. The summed E-state index contributed by atoms with van der Waals surface area (Å²) in [5.74, 6) is -0.502. The Balaban J connectivity index is 0.000000196. The molecule has 0 radical (unpaired) electrons. The number of amides is 1. The molecule has 15 heteroatoms. The van der Waals surface area contributed by atoms with Crippen LogP contribution in [0.15, 0.2) is 97.3 Å². The summed E-state index contributed by atoms with van der Waals surface area (Å²) in [6, 6.07) is 25.2. The van der Waals surface area contributed by atoms with Gasteiger partial charge in [0.2, 0.25) is 17.7 Å². The molecule has 6 rings (SSSR count). The molecule has 0 bridgehead atoms. The number of aliphatic carboxylic acids is 1. The van der Waals surface area contributed by atoms with Crippen LogP contribution < -0.4 is 20.5 Å². The lowest BCUT2D eigenvalue weighted by molar-refractivity contribution is -0.154. The predicted molar refractivity (Wildman–Crippen MR) is 183 cm³/mol. The lowest BCUT2D eigenvalue weighted by atomic mass is 10.1. The Morgan fingerprint density at radius 2 is 1.17 bits per heavy atom. The van der Waals surface area contributed by atoms with Crippen LogP contribution in [0.1, 0.15) is 72.9 Å². The summed E-state index contributed by atoms with van der Waals surface area (Å²) in [5.41, 5.74) is 9.31. The van der Waals surface area contributed by atoms with Gasteiger partial charge in [-0.15, -0.1) is 0 Å². The summed E-state index contributed by atoms with van der Waals surface area (Å²) in [4.78, 5) is 30.5. The van der Waals surface area contributed by atoms with Crippen LogP contribution in [-0.2, 0) is 9.59 Å². The summed E-state index contributed by atoms with van der Waals surface area (Å²) >= 11 is 0. The number of pyridine rings is 2. The topological polar surface area (TPSA) is 137 Å². The summed E-state index contributed by atoms with van der Waals surface area (Å²) in [6.07, 6.45) is -4.30. The highest BCUT2D eigenvalue weighted by Crippen LogP contribution is 2.48. The first-order valence-electron chi connectivity index (χ1n) is 16.7. The third-order valence-corrected chi connectivity index (χ3v) is 8.36. The molecule has 0 aliphatic heterocycles. The van der Waals surface area contributed by atoms with Gasteiger partial charge in [-0.3, -0.25) is 9.59 Å². The Labute approximate surface area is 302 Å². The Kier molecular flexibility index (Phi) is 13.8. The van der Waals surface area contributed by atoms with Crippen molar-refractivity contribution in [3.8, 4) is 11.8 Å². The standard InChI is InChI=1S/C19H19F3N2O2.C10H10O2.C9H11F3N2O/c1-12(14-7-8-17(23-10-14)26-11-19(20,21)22)24-18(25)16-9-15(16)13-5-3-2-4-6-13;11-10(12)9-6-8(9)7-4-2-1-3-5-7;1-6(13)7-2-3-8(14-4-7)15-5-9(10,11)12/h2-8,10,12,15-16H,9,11H2,1H3,(H,24,25);1-5,8-9H,6H2,(H,11,12);2-4,6H,5,13H2,1H3/t12-,15+,16-;8-,9+;6-/m010/s1. The number of carboxylic acid groups (broad SMARTS) is 1. The van der Waals surface area contributed by atoms with Crippen LogP contribution in [0, 0.1) is 11.8 Å². The number of hydrogen-bond donors (Lipinski definition) is 3. The molecule has 6 atom stereocenters. The van der Waals surface area contributed by atoms with Gasteiger partial charge in [-0.25, -0.2) is 9.97 Å². The van der Waals surface area contributed by atoms with E-state index < -0.39 is 31.5 Å². The van der Waals surface area contributed by atoms with Crippen molar-refractivity contribution in [1.29, 1.82) is 0 Å². The molecule has 4 aromatic rings. The van der Waals surface area contributed by atoms with Gasteiger partial charge in [-0.1, -0.05) is 72.8 Å². The molecule has 2 fully saturated rings. The van der Waals surface area contributed by atoms with Gasteiger partial charge in [0.25, 0.3) is 0 Å². The number of nitrogens with one attached hydrogen (secondary N) is 1. The number of carboxylic acids is 1. The SMILES string of the molecule is C[C@H](N)c1ccc(OCC(F)(F)F)nc1.C[C@H](NC(=O)[C@H]1C[C@@H]1c1ccccc1)c1ccc(OCC(F)(F)F)nc1.O=C(O)[C@H]1C[C@@H]1c1ccccc1. The fraction of sp³-hybridized carbons (Fsp3) is 0.368. The molecular weight excluding hydrogens is 706 g/mol. The van der Waals surface area contributed by atoms with Crippen LogP contribution in [0.25, 0.3) is 0 Å². The van der Waals surface area contributed by atoms with Crippen molar-refractivity contribution in [3.63, 3.8) is 0 Å². The zero-order valence-corrected chi connectivity index (χ0v) is 28.8. The molecule has 2 saturated carbocycles. The fourth-order valence-electron chi connectivity index (χ4n) is 5.28. The first kappa shape index (κ1) is 40.6. The van der Waals surface area contributed by atoms with Gasteiger partial charge in [-0.2, -0.15) is 26.3 Å². The first-order valence-corrected chi connectivity index (χ1v) is 16.7. The van der Waals surface area contributed by atoms with Crippen molar-refractivity contribution in [2.75, 3.05) is 13.2 Å². The van der Waals surface area contributed by atoms with Crippen molar-refractivity contribution in [2.24, 2.45) is 17.6 Å². The number of benzene rings is 2. The van der Waals surface area contributed by atoms with E-state index in [2.05, 4.69) is 24.8 Å². The second kappa shape index (κ2) is 18.0. The van der Waals surface area contributed by atoms with Crippen LogP contribution in [0.2, 0.25) is 0 Å². The van der Waals surface area contributed by atoms with E-state index in [-0.39, 0.29) is 53.4 Å². The van der Waals surface area contributed by atoms with Crippen molar-refractivity contribution >= 4 is 11.9 Å². The summed E-state index contributed by atoms with van der Waals surface area (Å²) in [7, 11) is 0. The molecule has 284 valence electrons. The Morgan fingerprint density at radius 3 is 1.55 bits per heavy atom. The number of carbonyl (C=O) groups excluding carboxylic acids is 1. The number of alkyl halides is 6. The average Bonchev–Trinajstić information content (AvgIpc) is 4.06. The monoisotopic (exact) mass is 746 g/mol. The highest BCUT2D eigenvalue weighted by Gasteiger charge is 2.44. The highest BCUT2D eigenvalue weighted by atomic mass is 19.4. The number of halogens is 6. The molecule has 4 N–H and O–H groups in total. The maximum atomic E-state index is 12.4.